The van der Waals surface area contributed by atoms with Crippen LogP contribution in [0.25, 0.3) is 32.9 Å². The summed E-state index contributed by atoms with van der Waals surface area (Å²) in [5, 5.41) is 29.6. The Morgan fingerprint density at radius 2 is 0.692 bits per heavy atom. The van der Waals surface area contributed by atoms with Gasteiger partial charge in [-0.3, -0.25) is 9.97 Å². The Hall–Kier alpha value is -3.81. The van der Waals surface area contributed by atoms with E-state index in [4.69, 9.17) is 0 Å². The second-order valence-corrected chi connectivity index (χ2v) is 7.49. The molecule has 2 heterocycles. The van der Waals surface area contributed by atoms with Gasteiger partial charge in [0, 0.05) is 12.4 Å². The summed E-state index contributed by atoms with van der Waals surface area (Å²) in [6, 6.07) is 38.2. The maximum absolute atomic E-state index is 11.3. The minimum atomic E-state index is -0.172. The Labute approximate surface area is 247 Å². The zero-order chi connectivity index (χ0) is 27.8. The molecular weight excluding hydrogens is 520 g/mol. The van der Waals surface area contributed by atoms with Crippen molar-refractivity contribution in [1.29, 1.82) is 0 Å². The molecule has 6 nitrogen and oxygen atoms in total. The predicted molar refractivity (Wildman–Crippen MR) is 155 cm³/mol. The van der Waals surface area contributed by atoms with E-state index < -0.39 is 0 Å². The van der Waals surface area contributed by atoms with E-state index in [0.717, 1.165) is 11.1 Å². The van der Waals surface area contributed by atoms with Gasteiger partial charge in [-0.15, -0.1) is 0 Å². The summed E-state index contributed by atoms with van der Waals surface area (Å²) in [6.45, 7) is 0. The summed E-state index contributed by atoms with van der Waals surface area (Å²) in [4.78, 5) is 7.40. The third-order valence-electron chi connectivity index (χ3n) is 4.38. The van der Waals surface area contributed by atoms with Crippen LogP contribution in [0.1, 0.15) is 0 Å². The van der Waals surface area contributed by atoms with Crippen molar-refractivity contribution >= 4 is 0 Å². The predicted octanol–water partition coefficient (Wildman–Crippen LogP) is 6.57. The summed E-state index contributed by atoms with van der Waals surface area (Å²) in [5.74, 6) is -0.345. The minimum Gasteiger partial charge on any atom is -0.858 e. The molecule has 3 aromatic carbocycles. The molecule has 5 aromatic rings. The largest absolute Gasteiger partial charge is 4.00 e. The fourth-order valence-corrected chi connectivity index (χ4v) is 2.84. The standard InChI is InChI=1S/2C11H9NO.C6H6.2C2H6N.Ti/c2*13-11-10(7-4-8-12-11)9-5-2-1-3-6-9;1-2-4-6-5-3-1;2*1-3-2;/h2*1-8H,(H,12,13);1-6H;2*1-2H3;/q;;;2*-1;+4/p-2. The average molecular weight is 555 g/mol. The molecule has 39 heavy (non-hydrogen) atoms. The minimum absolute atomic E-state index is 0. The molecular formula is C32H34N4O2Ti. The van der Waals surface area contributed by atoms with Gasteiger partial charge < -0.3 is 20.8 Å². The summed E-state index contributed by atoms with van der Waals surface area (Å²) < 4.78 is 0. The van der Waals surface area contributed by atoms with E-state index >= 15 is 0 Å². The van der Waals surface area contributed by atoms with E-state index in [-0.39, 0.29) is 33.5 Å². The molecule has 0 amide bonds. The van der Waals surface area contributed by atoms with E-state index in [2.05, 4.69) is 20.6 Å². The first kappa shape index (κ1) is 35.2. The van der Waals surface area contributed by atoms with Crippen LogP contribution in [-0.2, 0) is 21.7 Å². The smallest absolute Gasteiger partial charge is 0.858 e. The molecule has 0 atom stereocenters. The number of aromatic nitrogens is 2. The molecule has 0 N–H and O–H groups in total. The molecule has 0 aliphatic heterocycles. The van der Waals surface area contributed by atoms with Crippen LogP contribution in [0.5, 0.6) is 11.8 Å². The average Bonchev–Trinajstić information content (AvgIpc) is 2.97. The van der Waals surface area contributed by atoms with Crippen LogP contribution in [0.15, 0.2) is 134 Å². The quantitative estimate of drug-likeness (QED) is 0.231. The Morgan fingerprint density at radius 1 is 0.436 bits per heavy atom. The molecule has 7 heteroatoms. The van der Waals surface area contributed by atoms with Crippen LogP contribution in [0, 0.1) is 0 Å². The maximum Gasteiger partial charge on any atom is 4.00 e. The first-order chi connectivity index (χ1) is 18.6. The van der Waals surface area contributed by atoms with Crippen molar-refractivity contribution in [1.82, 2.24) is 9.97 Å². The van der Waals surface area contributed by atoms with Gasteiger partial charge in [-0.05, 0) is 46.1 Å². The van der Waals surface area contributed by atoms with Crippen molar-refractivity contribution in [2.24, 2.45) is 0 Å². The zero-order valence-electron chi connectivity index (χ0n) is 22.8. The van der Waals surface area contributed by atoms with Crippen LogP contribution in [-0.4, -0.2) is 38.2 Å². The summed E-state index contributed by atoms with van der Waals surface area (Å²) in [6.07, 6.45) is 3.02. The van der Waals surface area contributed by atoms with Crippen LogP contribution in [0.3, 0.4) is 0 Å². The molecule has 5 rings (SSSR count). The number of benzene rings is 3. The number of rotatable bonds is 2. The molecule has 0 bridgehead atoms. The Balaban J connectivity index is 0.000000521. The molecule has 0 aliphatic rings. The Bertz CT molecular complexity index is 1120. The van der Waals surface area contributed by atoms with Crippen molar-refractivity contribution in [3.8, 4) is 34.0 Å². The van der Waals surface area contributed by atoms with Crippen molar-refractivity contribution in [3.05, 3.63) is 144 Å². The molecule has 0 fully saturated rings. The van der Waals surface area contributed by atoms with Crippen LogP contribution < -0.4 is 10.2 Å². The van der Waals surface area contributed by atoms with Crippen LogP contribution in [0.2, 0.25) is 0 Å². The van der Waals surface area contributed by atoms with Crippen molar-refractivity contribution in [2.45, 2.75) is 0 Å². The monoisotopic (exact) mass is 554 g/mol. The fraction of sp³-hybridized carbons (Fsp3) is 0.125. The molecule has 0 aliphatic carbocycles. The maximum atomic E-state index is 11.3. The van der Waals surface area contributed by atoms with Gasteiger partial charge in [0.1, 0.15) is 0 Å². The Morgan fingerprint density at radius 3 is 0.949 bits per heavy atom. The summed E-state index contributed by atoms with van der Waals surface area (Å²) in [7, 11) is 7.00. The third-order valence-corrected chi connectivity index (χ3v) is 4.38. The first-order valence-corrected chi connectivity index (χ1v) is 11.9. The number of nitrogens with zero attached hydrogens (tertiary/aromatic N) is 4. The fourth-order valence-electron chi connectivity index (χ4n) is 2.84. The van der Waals surface area contributed by atoms with E-state index in [0.29, 0.717) is 11.1 Å². The summed E-state index contributed by atoms with van der Waals surface area (Å²) in [5.41, 5.74) is 3.15. The molecule has 0 saturated heterocycles. The van der Waals surface area contributed by atoms with Crippen molar-refractivity contribution < 1.29 is 31.9 Å². The van der Waals surface area contributed by atoms with Crippen LogP contribution >= 0.6 is 0 Å². The number of hydrogen-bond acceptors (Lipinski definition) is 4. The SMILES string of the molecule is C[N-]C.C[N-]C.[O-]c1ncccc1-c1ccccc1.[O-]c1ncccc1-c1ccccc1.[Ti+4].c1ccccc1. The first-order valence-electron chi connectivity index (χ1n) is 11.9. The van der Waals surface area contributed by atoms with E-state index in [1.807, 2.05) is 97.1 Å². The van der Waals surface area contributed by atoms with E-state index in [1.165, 1.54) is 12.4 Å². The second-order valence-electron chi connectivity index (χ2n) is 7.49. The normalized spacial score (nSPS) is 8.72. The van der Waals surface area contributed by atoms with Gasteiger partial charge in [0.2, 0.25) is 0 Å². The van der Waals surface area contributed by atoms with Gasteiger partial charge in [0.25, 0.3) is 0 Å². The third kappa shape index (κ3) is 15.3. The van der Waals surface area contributed by atoms with Crippen molar-refractivity contribution in [3.63, 3.8) is 0 Å². The van der Waals surface area contributed by atoms with Gasteiger partial charge in [-0.1, -0.05) is 109 Å². The summed E-state index contributed by atoms with van der Waals surface area (Å²) >= 11 is 0. The van der Waals surface area contributed by atoms with E-state index in [1.54, 1.807) is 52.5 Å². The van der Waals surface area contributed by atoms with Crippen LogP contribution in [0.4, 0.5) is 0 Å². The van der Waals surface area contributed by atoms with Crippen molar-refractivity contribution in [2.75, 3.05) is 28.2 Å². The van der Waals surface area contributed by atoms with E-state index in [9.17, 15) is 10.2 Å². The van der Waals surface area contributed by atoms with Gasteiger partial charge in [0.15, 0.2) is 0 Å². The molecule has 0 spiro atoms. The molecule has 198 valence electrons. The topological polar surface area (TPSA) is 100 Å². The van der Waals surface area contributed by atoms with Gasteiger partial charge in [0.05, 0.1) is 0 Å². The zero-order valence-corrected chi connectivity index (χ0v) is 24.4. The second kappa shape index (κ2) is 23.3. The molecule has 0 unspecified atom stereocenters. The number of pyridine rings is 2. The number of hydrogen-bond donors (Lipinski definition) is 0. The van der Waals surface area contributed by atoms with Gasteiger partial charge >= 0.3 is 21.7 Å². The molecule has 0 saturated carbocycles. The molecule has 2 aromatic heterocycles. The van der Waals surface area contributed by atoms with Gasteiger partial charge in [-0.2, -0.15) is 28.2 Å². The molecule has 0 radical (unpaired) electrons. The Kier molecular flexibility index (Phi) is 21.0. The van der Waals surface area contributed by atoms with Gasteiger partial charge in [-0.25, -0.2) is 0 Å².